The minimum atomic E-state index is -0.292. The quantitative estimate of drug-likeness (QED) is 0.698. The summed E-state index contributed by atoms with van der Waals surface area (Å²) in [6.07, 6.45) is 5.58. The van der Waals surface area contributed by atoms with Crippen LogP contribution in [0.4, 0.5) is 5.13 Å². The average Bonchev–Trinajstić information content (AvgIpc) is 3.26. The molecule has 134 valence electrons. The third kappa shape index (κ3) is 4.73. The number of hydrogen-bond donors (Lipinski definition) is 2. The van der Waals surface area contributed by atoms with Crippen molar-refractivity contribution in [3.63, 3.8) is 0 Å². The van der Waals surface area contributed by atoms with E-state index in [1.54, 1.807) is 17.5 Å². The number of nitrogens with one attached hydrogen (secondary N) is 1. The van der Waals surface area contributed by atoms with Gasteiger partial charge in [-0.2, -0.15) is 0 Å². The average molecular weight is 399 g/mol. The molecule has 3 rings (SSSR count). The van der Waals surface area contributed by atoms with E-state index >= 15 is 0 Å². The number of nitrogens with zero attached hydrogens (tertiary/aromatic N) is 1. The summed E-state index contributed by atoms with van der Waals surface area (Å²) in [5.74, 6) is 0.165. The second-order valence-electron chi connectivity index (χ2n) is 6.40. The van der Waals surface area contributed by atoms with Gasteiger partial charge in [-0.25, -0.2) is 4.98 Å². The highest BCUT2D eigenvalue weighted by atomic mass is 35.5. The zero-order valence-electron chi connectivity index (χ0n) is 13.7. The van der Waals surface area contributed by atoms with Gasteiger partial charge >= 0.3 is 0 Å². The summed E-state index contributed by atoms with van der Waals surface area (Å²) >= 11 is 13.5. The molecule has 7 heteroatoms. The summed E-state index contributed by atoms with van der Waals surface area (Å²) in [5.41, 5.74) is 1.43. The van der Waals surface area contributed by atoms with Crippen molar-refractivity contribution in [1.29, 1.82) is 0 Å². The molecule has 0 saturated heterocycles. The summed E-state index contributed by atoms with van der Waals surface area (Å²) < 4.78 is 0. The number of halogens is 2. The third-order valence-corrected chi connectivity index (χ3v) is 6.20. The van der Waals surface area contributed by atoms with Gasteiger partial charge in [0.15, 0.2) is 5.13 Å². The molecule has 2 aromatic rings. The largest absolute Gasteiger partial charge is 0.390 e. The minimum absolute atomic E-state index is 0.0934. The van der Waals surface area contributed by atoms with E-state index in [0.717, 1.165) is 24.8 Å². The number of thiazole rings is 1. The maximum Gasteiger partial charge on any atom is 0.233 e. The topological polar surface area (TPSA) is 62.2 Å². The number of amides is 1. The molecule has 1 atom stereocenters. The van der Waals surface area contributed by atoms with Crippen molar-refractivity contribution < 1.29 is 9.90 Å². The molecule has 1 aliphatic carbocycles. The highest BCUT2D eigenvalue weighted by molar-refractivity contribution is 7.13. The van der Waals surface area contributed by atoms with Crippen molar-refractivity contribution in [2.75, 3.05) is 5.32 Å². The van der Waals surface area contributed by atoms with Crippen LogP contribution in [0.1, 0.15) is 49.3 Å². The lowest BCUT2D eigenvalue weighted by atomic mass is 9.87. The molecule has 0 radical (unpaired) electrons. The SMILES string of the molecule is O=C(Nc1nc(CO)cs1)C(CC1CCCC1)c1ccc(Cl)c(Cl)c1. The second kappa shape index (κ2) is 8.49. The fraction of sp³-hybridized carbons (Fsp3) is 0.444. The molecular formula is C18H20Cl2N2O2S. The van der Waals surface area contributed by atoms with Crippen LogP contribution in [0.5, 0.6) is 0 Å². The Morgan fingerprint density at radius 2 is 2.08 bits per heavy atom. The number of benzene rings is 1. The fourth-order valence-electron chi connectivity index (χ4n) is 3.33. The maximum atomic E-state index is 12.9. The zero-order valence-corrected chi connectivity index (χ0v) is 16.0. The van der Waals surface area contributed by atoms with Gasteiger partial charge in [0.25, 0.3) is 0 Å². The normalized spacial score (nSPS) is 16.1. The van der Waals surface area contributed by atoms with Crippen molar-refractivity contribution in [2.24, 2.45) is 5.92 Å². The Labute approximate surface area is 161 Å². The minimum Gasteiger partial charge on any atom is -0.390 e. The molecule has 1 unspecified atom stereocenters. The Morgan fingerprint density at radius 3 is 2.72 bits per heavy atom. The van der Waals surface area contributed by atoms with Crippen LogP contribution in [0.2, 0.25) is 10.0 Å². The molecule has 1 fully saturated rings. The molecule has 0 spiro atoms. The summed E-state index contributed by atoms with van der Waals surface area (Å²) in [7, 11) is 0. The van der Waals surface area contributed by atoms with Crippen molar-refractivity contribution in [3.05, 3.63) is 44.9 Å². The van der Waals surface area contributed by atoms with Crippen molar-refractivity contribution in [1.82, 2.24) is 4.98 Å². The van der Waals surface area contributed by atoms with Crippen LogP contribution >= 0.6 is 34.5 Å². The van der Waals surface area contributed by atoms with Gasteiger partial charge in [0.1, 0.15) is 0 Å². The monoisotopic (exact) mass is 398 g/mol. The summed E-state index contributed by atoms with van der Waals surface area (Å²) in [6, 6.07) is 5.39. The highest BCUT2D eigenvalue weighted by Gasteiger charge is 2.27. The molecule has 0 aliphatic heterocycles. The fourth-order valence-corrected chi connectivity index (χ4v) is 4.34. The molecule has 2 N–H and O–H groups in total. The highest BCUT2D eigenvalue weighted by Crippen LogP contribution is 2.36. The van der Waals surface area contributed by atoms with Crippen LogP contribution in [-0.2, 0) is 11.4 Å². The van der Waals surface area contributed by atoms with Gasteiger partial charge in [-0.15, -0.1) is 11.3 Å². The number of anilines is 1. The van der Waals surface area contributed by atoms with Crippen LogP contribution in [0.3, 0.4) is 0 Å². The lowest BCUT2D eigenvalue weighted by Crippen LogP contribution is -2.23. The molecule has 1 amide bonds. The number of aliphatic hydroxyl groups is 1. The number of carbonyl (C=O) groups excluding carboxylic acids is 1. The number of carbonyl (C=O) groups is 1. The molecule has 1 heterocycles. The van der Waals surface area contributed by atoms with Crippen LogP contribution in [0, 0.1) is 5.92 Å². The molecule has 4 nitrogen and oxygen atoms in total. The Hall–Kier alpha value is -1.14. The van der Waals surface area contributed by atoms with Gasteiger partial charge in [-0.05, 0) is 30.0 Å². The smallest absolute Gasteiger partial charge is 0.233 e. The van der Waals surface area contributed by atoms with E-state index in [9.17, 15) is 4.79 Å². The number of rotatable bonds is 6. The molecule has 1 aromatic heterocycles. The summed E-state index contributed by atoms with van der Waals surface area (Å²) in [5, 5.41) is 15.2. The molecule has 1 saturated carbocycles. The molecule has 1 aromatic carbocycles. The molecular weight excluding hydrogens is 379 g/mol. The first-order chi connectivity index (χ1) is 12.1. The lowest BCUT2D eigenvalue weighted by molar-refractivity contribution is -0.118. The first kappa shape index (κ1) is 18.6. The van der Waals surface area contributed by atoms with Gasteiger partial charge in [-0.1, -0.05) is 55.0 Å². The van der Waals surface area contributed by atoms with Crippen molar-refractivity contribution >= 4 is 45.6 Å². The molecule has 25 heavy (non-hydrogen) atoms. The Balaban J connectivity index is 1.80. The molecule has 0 bridgehead atoms. The predicted molar refractivity (Wildman–Crippen MR) is 102 cm³/mol. The van der Waals surface area contributed by atoms with Crippen molar-refractivity contribution in [3.8, 4) is 0 Å². The van der Waals surface area contributed by atoms with Crippen LogP contribution in [0.15, 0.2) is 23.6 Å². The maximum absolute atomic E-state index is 12.9. The van der Waals surface area contributed by atoms with E-state index in [0.29, 0.717) is 26.8 Å². The lowest BCUT2D eigenvalue weighted by Gasteiger charge is -2.20. The van der Waals surface area contributed by atoms with Gasteiger partial charge < -0.3 is 10.4 Å². The summed E-state index contributed by atoms with van der Waals surface area (Å²) in [4.78, 5) is 17.1. The van der Waals surface area contributed by atoms with E-state index < -0.39 is 0 Å². The van der Waals surface area contributed by atoms with E-state index in [2.05, 4.69) is 10.3 Å². The van der Waals surface area contributed by atoms with Gasteiger partial charge in [-0.3, -0.25) is 4.79 Å². The Kier molecular flexibility index (Phi) is 6.34. The summed E-state index contributed by atoms with van der Waals surface area (Å²) in [6.45, 7) is -0.134. The van der Waals surface area contributed by atoms with Crippen molar-refractivity contribution in [2.45, 2.75) is 44.6 Å². The zero-order chi connectivity index (χ0) is 17.8. The molecule has 1 aliphatic rings. The van der Waals surface area contributed by atoms with E-state index in [1.165, 1.54) is 24.2 Å². The first-order valence-corrected chi connectivity index (χ1v) is 10.0. The Bertz CT molecular complexity index is 744. The second-order valence-corrected chi connectivity index (χ2v) is 8.08. The standard InChI is InChI=1S/C18H20Cl2N2O2S/c19-15-6-5-12(8-16(15)20)14(7-11-3-1-2-4-11)17(24)22-18-21-13(9-23)10-25-18/h5-6,8,10-11,14,23H,1-4,7,9H2,(H,21,22,24). The van der Waals surface area contributed by atoms with E-state index in [-0.39, 0.29) is 18.4 Å². The van der Waals surface area contributed by atoms with Gasteiger partial charge in [0.05, 0.1) is 28.3 Å². The predicted octanol–water partition coefficient (Wildman–Crippen LogP) is 5.24. The third-order valence-electron chi connectivity index (χ3n) is 4.65. The number of aliphatic hydroxyl groups excluding tert-OH is 1. The number of hydrogen-bond acceptors (Lipinski definition) is 4. The Morgan fingerprint density at radius 1 is 1.32 bits per heavy atom. The van der Waals surface area contributed by atoms with Gasteiger partial charge in [0.2, 0.25) is 5.91 Å². The first-order valence-electron chi connectivity index (χ1n) is 8.38. The van der Waals surface area contributed by atoms with E-state index in [4.69, 9.17) is 28.3 Å². The van der Waals surface area contributed by atoms with Crippen LogP contribution < -0.4 is 5.32 Å². The van der Waals surface area contributed by atoms with E-state index in [1.807, 2.05) is 6.07 Å². The van der Waals surface area contributed by atoms with Gasteiger partial charge in [0, 0.05) is 5.38 Å². The van der Waals surface area contributed by atoms with Crippen LogP contribution in [-0.4, -0.2) is 16.0 Å². The van der Waals surface area contributed by atoms with Crippen LogP contribution in [0.25, 0.3) is 0 Å². The number of aromatic nitrogens is 1.